The fraction of sp³-hybridized carbons (Fsp3) is 1.00. The van der Waals surface area contributed by atoms with Crippen molar-refractivity contribution in [2.75, 3.05) is 26.8 Å². The fourth-order valence-electron chi connectivity index (χ4n) is 2.68. The van der Waals surface area contributed by atoms with E-state index in [4.69, 9.17) is 10.5 Å². The molecule has 3 heteroatoms. The minimum Gasteiger partial charge on any atom is -0.383 e. The van der Waals surface area contributed by atoms with Crippen LogP contribution in [-0.2, 0) is 4.74 Å². The summed E-state index contributed by atoms with van der Waals surface area (Å²) in [5, 5.41) is 0. The smallest absolute Gasteiger partial charge is 0.0589 e. The number of rotatable bonds is 9. The van der Waals surface area contributed by atoms with Crippen molar-refractivity contribution in [2.24, 2.45) is 17.6 Å². The number of hydrogen-bond acceptors (Lipinski definition) is 3. The third-order valence-electron chi connectivity index (χ3n) is 4.44. The SMILES string of the molecule is COCCN(CCC(N)C1CC1)C(C)C1CC1. The van der Waals surface area contributed by atoms with E-state index in [1.54, 1.807) is 7.11 Å². The highest BCUT2D eigenvalue weighted by molar-refractivity contribution is 4.88. The van der Waals surface area contributed by atoms with Gasteiger partial charge in [0.25, 0.3) is 0 Å². The van der Waals surface area contributed by atoms with Crippen LogP contribution in [0.3, 0.4) is 0 Å². The number of methoxy groups -OCH3 is 1. The van der Waals surface area contributed by atoms with E-state index in [0.29, 0.717) is 6.04 Å². The van der Waals surface area contributed by atoms with Gasteiger partial charge in [0.15, 0.2) is 0 Å². The van der Waals surface area contributed by atoms with E-state index in [1.165, 1.54) is 25.7 Å². The molecule has 0 bridgehead atoms. The van der Waals surface area contributed by atoms with Crippen molar-refractivity contribution >= 4 is 0 Å². The van der Waals surface area contributed by atoms with E-state index < -0.39 is 0 Å². The van der Waals surface area contributed by atoms with Gasteiger partial charge < -0.3 is 10.5 Å². The number of hydrogen-bond donors (Lipinski definition) is 1. The summed E-state index contributed by atoms with van der Waals surface area (Å²) in [6.45, 7) is 5.43. The molecule has 0 amide bonds. The van der Waals surface area contributed by atoms with Gasteiger partial charge in [0.2, 0.25) is 0 Å². The summed E-state index contributed by atoms with van der Waals surface area (Å²) < 4.78 is 5.22. The summed E-state index contributed by atoms with van der Waals surface area (Å²) in [4.78, 5) is 2.59. The fourth-order valence-corrected chi connectivity index (χ4v) is 2.68. The zero-order valence-electron chi connectivity index (χ0n) is 11.4. The number of nitrogens with zero attached hydrogens (tertiary/aromatic N) is 1. The normalized spacial score (nSPS) is 24.0. The van der Waals surface area contributed by atoms with E-state index in [-0.39, 0.29) is 0 Å². The summed E-state index contributed by atoms with van der Waals surface area (Å²) in [5.41, 5.74) is 6.19. The Morgan fingerprint density at radius 1 is 1.18 bits per heavy atom. The molecule has 3 nitrogen and oxygen atoms in total. The highest BCUT2D eigenvalue weighted by Gasteiger charge is 2.33. The molecular weight excluding hydrogens is 212 g/mol. The summed E-state index contributed by atoms with van der Waals surface area (Å²) in [7, 11) is 1.79. The van der Waals surface area contributed by atoms with Gasteiger partial charge in [-0.1, -0.05) is 0 Å². The van der Waals surface area contributed by atoms with Gasteiger partial charge in [0, 0.05) is 32.3 Å². The number of nitrogens with two attached hydrogens (primary N) is 1. The van der Waals surface area contributed by atoms with Gasteiger partial charge in [0.05, 0.1) is 6.61 Å². The van der Waals surface area contributed by atoms with Crippen molar-refractivity contribution in [2.45, 2.75) is 51.1 Å². The zero-order chi connectivity index (χ0) is 12.3. The monoisotopic (exact) mass is 240 g/mol. The van der Waals surface area contributed by atoms with Gasteiger partial charge in [-0.15, -0.1) is 0 Å². The predicted molar refractivity (Wildman–Crippen MR) is 71.0 cm³/mol. The molecule has 2 saturated carbocycles. The highest BCUT2D eigenvalue weighted by Crippen LogP contribution is 2.36. The van der Waals surface area contributed by atoms with Crippen molar-refractivity contribution in [1.29, 1.82) is 0 Å². The van der Waals surface area contributed by atoms with Crippen molar-refractivity contribution in [3.8, 4) is 0 Å². The molecule has 2 rings (SSSR count). The molecule has 0 saturated heterocycles. The van der Waals surface area contributed by atoms with E-state index in [0.717, 1.165) is 44.0 Å². The molecule has 2 fully saturated rings. The third-order valence-corrected chi connectivity index (χ3v) is 4.44. The maximum Gasteiger partial charge on any atom is 0.0589 e. The van der Waals surface area contributed by atoms with Crippen LogP contribution in [0.1, 0.15) is 39.0 Å². The van der Waals surface area contributed by atoms with E-state index in [2.05, 4.69) is 11.8 Å². The molecule has 0 heterocycles. The number of ether oxygens (including phenoxy) is 1. The van der Waals surface area contributed by atoms with Crippen LogP contribution in [0.15, 0.2) is 0 Å². The molecule has 0 aromatic rings. The molecule has 0 spiro atoms. The standard InChI is InChI=1S/C14H28N2O/c1-11(12-3-4-12)16(9-10-17-2)8-7-14(15)13-5-6-13/h11-14H,3-10,15H2,1-2H3. The molecular formula is C14H28N2O. The summed E-state index contributed by atoms with van der Waals surface area (Å²) in [6.07, 6.45) is 6.71. The van der Waals surface area contributed by atoms with Crippen molar-refractivity contribution in [3.63, 3.8) is 0 Å². The first kappa shape index (κ1) is 13.3. The molecule has 2 N–H and O–H groups in total. The molecule has 2 unspecified atom stereocenters. The molecule has 0 aliphatic heterocycles. The van der Waals surface area contributed by atoms with E-state index in [1.807, 2.05) is 0 Å². The van der Waals surface area contributed by atoms with Crippen LogP contribution in [0.4, 0.5) is 0 Å². The van der Waals surface area contributed by atoms with Crippen molar-refractivity contribution in [3.05, 3.63) is 0 Å². The Bertz CT molecular complexity index is 226. The lowest BCUT2D eigenvalue weighted by Crippen LogP contribution is -2.40. The lowest BCUT2D eigenvalue weighted by Gasteiger charge is -2.30. The average Bonchev–Trinajstić information content (AvgIpc) is 3.20. The first-order valence-electron chi connectivity index (χ1n) is 7.21. The van der Waals surface area contributed by atoms with Crippen LogP contribution in [0.25, 0.3) is 0 Å². The summed E-state index contributed by atoms with van der Waals surface area (Å²) in [6, 6.07) is 1.16. The Hall–Kier alpha value is -0.120. The largest absolute Gasteiger partial charge is 0.383 e. The minimum atomic E-state index is 0.437. The molecule has 0 aromatic heterocycles. The molecule has 2 aliphatic carbocycles. The van der Waals surface area contributed by atoms with Gasteiger partial charge in [-0.05, 0) is 50.9 Å². The zero-order valence-corrected chi connectivity index (χ0v) is 11.4. The van der Waals surface area contributed by atoms with Crippen LogP contribution < -0.4 is 5.73 Å². The van der Waals surface area contributed by atoms with Gasteiger partial charge in [-0.3, -0.25) is 4.90 Å². The van der Waals surface area contributed by atoms with Gasteiger partial charge in [0.1, 0.15) is 0 Å². The molecule has 2 atom stereocenters. The average molecular weight is 240 g/mol. The second kappa shape index (κ2) is 6.17. The van der Waals surface area contributed by atoms with E-state index >= 15 is 0 Å². The minimum absolute atomic E-state index is 0.437. The maximum atomic E-state index is 6.19. The lowest BCUT2D eigenvalue weighted by atomic mass is 10.1. The summed E-state index contributed by atoms with van der Waals surface area (Å²) in [5.74, 6) is 1.76. The molecule has 2 aliphatic rings. The van der Waals surface area contributed by atoms with Crippen LogP contribution in [0, 0.1) is 11.8 Å². The quantitative estimate of drug-likeness (QED) is 0.668. The summed E-state index contributed by atoms with van der Waals surface area (Å²) >= 11 is 0. The molecule has 0 aromatic carbocycles. The Kier molecular flexibility index (Phi) is 4.83. The second-order valence-corrected chi connectivity index (χ2v) is 5.90. The predicted octanol–water partition coefficient (Wildman–Crippen LogP) is 1.86. The van der Waals surface area contributed by atoms with Crippen molar-refractivity contribution < 1.29 is 4.74 Å². The van der Waals surface area contributed by atoms with Crippen LogP contribution >= 0.6 is 0 Å². The van der Waals surface area contributed by atoms with Gasteiger partial charge >= 0.3 is 0 Å². The van der Waals surface area contributed by atoms with E-state index in [9.17, 15) is 0 Å². The first-order valence-corrected chi connectivity index (χ1v) is 7.21. The lowest BCUT2D eigenvalue weighted by molar-refractivity contribution is 0.113. The Morgan fingerprint density at radius 2 is 1.82 bits per heavy atom. The Morgan fingerprint density at radius 3 is 2.35 bits per heavy atom. The Balaban J connectivity index is 1.72. The van der Waals surface area contributed by atoms with Crippen LogP contribution in [0.5, 0.6) is 0 Å². The van der Waals surface area contributed by atoms with Crippen LogP contribution in [0.2, 0.25) is 0 Å². The van der Waals surface area contributed by atoms with Gasteiger partial charge in [-0.25, -0.2) is 0 Å². The third kappa shape index (κ3) is 4.23. The maximum absolute atomic E-state index is 6.19. The van der Waals surface area contributed by atoms with Gasteiger partial charge in [-0.2, -0.15) is 0 Å². The van der Waals surface area contributed by atoms with Crippen LogP contribution in [-0.4, -0.2) is 43.8 Å². The molecule has 17 heavy (non-hydrogen) atoms. The molecule has 100 valence electrons. The first-order chi connectivity index (χ1) is 8.22. The van der Waals surface area contributed by atoms with Crippen molar-refractivity contribution in [1.82, 2.24) is 4.90 Å². The second-order valence-electron chi connectivity index (χ2n) is 5.90. The topological polar surface area (TPSA) is 38.5 Å². The molecule has 0 radical (unpaired) electrons. The highest BCUT2D eigenvalue weighted by atomic mass is 16.5. The Labute approximate surface area is 106 Å².